The summed E-state index contributed by atoms with van der Waals surface area (Å²) in [5.41, 5.74) is 2.74. The normalized spacial score (nSPS) is 16.1. The van der Waals surface area contributed by atoms with E-state index in [1.54, 1.807) is 28.6 Å². The van der Waals surface area contributed by atoms with Crippen LogP contribution in [0.5, 0.6) is 5.75 Å². The lowest BCUT2D eigenvalue weighted by atomic mass is 10.1. The molecule has 0 aliphatic carbocycles. The summed E-state index contributed by atoms with van der Waals surface area (Å²) in [5.74, 6) is 1.15. The number of ether oxygens (including phenoxy) is 1. The fourth-order valence-electron chi connectivity index (χ4n) is 2.79. The molecule has 0 radical (unpaired) electrons. The first kappa shape index (κ1) is 16.8. The van der Waals surface area contributed by atoms with Gasteiger partial charge < -0.3 is 4.74 Å². The first-order valence-electron chi connectivity index (χ1n) is 8.36. The second kappa shape index (κ2) is 6.92. The van der Waals surface area contributed by atoms with Crippen molar-refractivity contribution in [3.05, 3.63) is 59.9 Å². The molecule has 3 aromatic rings. The van der Waals surface area contributed by atoms with Crippen LogP contribution in [-0.4, -0.2) is 32.4 Å². The second-order valence-electron chi connectivity index (χ2n) is 5.83. The molecule has 2 heterocycles. The van der Waals surface area contributed by atoms with Gasteiger partial charge in [-0.2, -0.15) is 9.78 Å². The van der Waals surface area contributed by atoms with E-state index in [4.69, 9.17) is 9.84 Å². The molecule has 0 fully saturated rings. The zero-order valence-corrected chi connectivity index (χ0v) is 15.2. The molecular weight excluding hydrogens is 351 g/mol. The van der Waals surface area contributed by atoms with Crippen molar-refractivity contribution in [1.82, 2.24) is 14.9 Å². The highest BCUT2D eigenvalue weighted by atomic mass is 32.2. The summed E-state index contributed by atoms with van der Waals surface area (Å²) in [4.78, 5) is 0. The van der Waals surface area contributed by atoms with Crippen LogP contribution in [0.1, 0.15) is 19.4 Å². The Morgan fingerprint density at radius 1 is 1.04 bits per heavy atom. The van der Waals surface area contributed by atoms with E-state index in [-0.39, 0.29) is 11.1 Å². The van der Waals surface area contributed by atoms with Crippen molar-refractivity contribution in [2.24, 2.45) is 5.10 Å². The number of benzene rings is 2. The van der Waals surface area contributed by atoms with Crippen molar-refractivity contribution in [2.75, 3.05) is 6.61 Å². The van der Waals surface area contributed by atoms with E-state index in [0.717, 1.165) is 27.7 Å². The summed E-state index contributed by atoms with van der Waals surface area (Å²) in [5, 5.41) is 14.1. The standard InChI is InChI=1S/C19H17FN4OS/c1-3-25-16-10-6-13(7-11-16)17-12(2)26-19-22-21-18(24(19)23-17)14-4-8-15(20)9-5-14/h4-12H,3H2,1-2H3/t12-/m1/s1. The van der Waals surface area contributed by atoms with Crippen LogP contribution in [-0.2, 0) is 0 Å². The zero-order valence-electron chi connectivity index (χ0n) is 14.4. The van der Waals surface area contributed by atoms with E-state index in [0.29, 0.717) is 12.4 Å². The number of nitrogens with zero attached hydrogens (tertiary/aromatic N) is 4. The van der Waals surface area contributed by atoms with Gasteiger partial charge in [0.2, 0.25) is 5.16 Å². The maximum Gasteiger partial charge on any atom is 0.213 e. The smallest absolute Gasteiger partial charge is 0.213 e. The van der Waals surface area contributed by atoms with Crippen LogP contribution < -0.4 is 4.74 Å². The van der Waals surface area contributed by atoms with E-state index < -0.39 is 0 Å². The van der Waals surface area contributed by atoms with Gasteiger partial charge in [-0.15, -0.1) is 10.2 Å². The minimum absolute atomic E-state index is 0.144. The maximum absolute atomic E-state index is 13.2. The average molecular weight is 368 g/mol. The predicted octanol–water partition coefficient (Wildman–Crippen LogP) is 4.23. The molecule has 4 rings (SSSR count). The number of thioether (sulfide) groups is 1. The number of hydrogen-bond acceptors (Lipinski definition) is 5. The molecule has 26 heavy (non-hydrogen) atoms. The summed E-state index contributed by atoms with van der Waals surface area (Å²) in [6.45, 7) is 4.69. The third kappa shape index (κ3) is 3.10. The van der Waals surface area contributed by atoms with Gasteiger partial charge in [0.25, 0.3) is 0 Å². The minimum Gasteiger partial charge on any atom is -0.494 e. The molecule has 0 spiro atoms. The highest BCUT2D eigenvalue weighted by Crippen LogP contribution is 2.33. The SMILES string of the molecule is CCOc1ccc(C2=Nn3c(nnc3-c3ccc(F)cc3)S[C@@H]2C)cc1. The van der Waals surface area contributed by atoms with Crippen molar-refractivity contribution in [1.29, 1.82) is 0 Å². The fourth-order valence-corrected chi connectivity index (χ4v) is 3.72. The molecular formula is C19H17FN4OS. The van der Waals surface area contributed by atoms with Crippen molar-refractivity contribution in [2.45, 2.75) is 24.3 Å². The number of rotatable bonds is 4. The van der Waals surface area contributed by atoms with E-state index >= 15 is 0 Å². The molecule has 0 saturated heterocycles. The molecule has 5 nitrogen and oxygen atoms in total. The molecule has 1 aromatic heterocycles. The highest BCUT2D eigenvalue weighted by molar-refractivity contribution is 8.00. The topological polar surface area (TPSA) is 52.3 Å². The second-order valence-corrected chi connectivity index (χ2v) is 7.14. The Hall–Kier alpha value is -2.67. The summed E-state index contributed by atoms with van der Waals surface area (Å²) >= 11 is 1.60. The monoisotopic (exact) mass is 368 g/mol. The van der Waals surface area contributed by atoms with E-state index in [1.807, 2.05) is 31.2 Å². The minimum atomic E-state index is -0.284. The molecule has 0 unspecified atom stereocenters. The van der Waals surface area contributed by atoms with Crippen LogP contribution >= 0.6 is 11.8 Å². The largest absolute Gasteiger partial charge is 0.494 e. The number of fused-ring (bicyclic) bond motifs is 1. The lowest BCUT2D eigenvalue weighted by molar-refractivity contribution is 0.340. The van der Waals surface area contributed by atoms with Crippen molar-refractivity contribution in [3.63, 3.8) is 0 Å². The van der Waals surface area contributed by atoms with Gasteiger partial charge in [-0.3, -0.25) is 0 Å². The van der Waals surface area contributed by atoms with Gasteiger partial charge in [0.15, 0.2) is 5.82 Å². The van der Waals surface area contributed by atoms with Crippen molar-refractivity contribution >= 4 is 17.5 Å². The van der Waals surface area contributed by atoms with Crippen LogP contribution in [0.3, 0.4) is 0 Å². The van der Waals surface area contributed by atoms with Gasteiger partial charge in [-0.25, -0.2) is 4.39 Å². The quantitative estimate of drug-likeness (QED) is 0.692. The van der Waals surface area contributed by atoms with Crippen LogP contribution in [0.4, 0.5) is 4.39 Å². The van der Waals surface area contributed by atoms with Crippen LogP contribution in [0.2, 0.25) is 0 Å². The molecule has 0 N–H and O–H groups in total. The highest BCUT2D eigenvalue weighted by Gasteiger charge is 2.26. The van der Waals surface area contributed by atoms with Crippen LogP contribution in [0, 0.1) is 5.82 Å². The first-order chi connectivity index (χ1) is 12.7. The first-order valence-corrected chi connectivity index (χ1v) is 9.24. The van der Waals surface area contributed by atoms with Crippen LogP contribution in [0.25, 0.3) is 11.4 Å². The molecule has 1 atom stereocenters. The Bertz CT molecular complexity index is 951. The van der Waals surface area contributed by atoms with E-state index in [2.05, 4.69) is 17.1 Å². The molecule has 2 aromatic carbocycles. The molecule has 0 amide bonds. The van der Waals surface area contributed by atoms with Gasteiger partial charge in [0.05, 0.1) is 17.6 Å². The summed E-state index contributed by atoms with van der Waals surface area (Å²) in [6, 6.07) is 14.1. The van der Waals surface area contributed by atoms with Gasteiger partial charge in [-0.1, -0.05) is 11.8 Å². The summed E-state index contributed by atoms with van der Waals surface area (Å²) in [6.07, 6.45) is 0. The lowest BCUT2D eigenvalue weighted by Crippen LogP contribution is -2.21. The van der Waals surface area contributed by atoms with Crippen LogP contribution in [0.15, 0.2) is 58.8 Å². The molecule has 1 aliphatic heterocycles. The molecule has 7 heteroatoms. The van der Waals surface area contributed by atoms with Gasteiger partial charge in [-0.05, 0) is 67.9 Å². The maximum atomic E-state index is 13.2. The predicted molar refractivity (Wildman–Crippen MR) is 100 cm³/mol. The third-order valence-corrected chi connectivity index (χ3v) is 5.09. The molecule has 132 valence electrons. The average Bonchev–Trinajstić information content (AvgIpc) is 3.05. The Morgan fingerprint density at radius 2 is 1.73 bits per heavy atom. The molecule has 0 bridgehead atoms. The Kier molecular flexibility index (Phi) is 4.46. The number of aromatic nitrogens is 3. The van der Waals surface area contributed by atoms with Crippen molar-refractivity contribution < 1.29 is 9.13 Å². The summed E-state index contributed by atoms with van der Waals surface area (Å²) < 4.78 is 20.4. The van der Waals surface area contributed by atoms with Gasteiger partial charge in [0, 0.05) is 5.56 Å². The van der Waals surface area contributed by atoms with Gasteiger partial charge >= 0.3 is 0 Å². The zero-order chi connectivity index (χ0) is 18.1. The lowest BCUT2D eigenvalue weighted by Gasteiger charge is -2.20. The Morgan fingerprint density at radius 3 is 2.42 bits per heavy atom. The molecule has 1 aliphatic rings. The number of hydrogen-bond donors (Lipinski definition) is 0. The van der Waals surface area contributed by atoms with E-state index in [1.165, 1.54) is 12.1 Å². The Balaban J connectivity index is 1.73. The fraction of sp³-hybridized carbons (Fsp3) is 0.211. The number of halogens is 1. The summed E-state index contributed by atoms with van der Waals surface area (Å²) in [7, 11) is 0. The van der Waals surface area contributed by atoms with E-state index in [9.17, 15) is 4.39 Å². The Labute approximate surface area is 154 Å². The molecule has 0 saturated carbocycles. The van der Waals surface area contributed by atoms with Gasteiger partial charge in [0.1, 0.15) is 11.6 Å². The van der Waals surface area contributed by atoms with Crippen molar-refractivity contribution in [3.8, 4) is 17.1 Å². The third-order valence-electron chi connectivity index (χ3n) is 4.05.